The molecule has 8 heteroatoms. The van der Waals surface area contributed by atoms with Crippen molar-refractivity contribution in [1.29, 1.82) is 0 Å². The van der Waals surface area contributed by atoms with Gasteiger partial charge in [-0.15, -0.1) is 0 Å². The molecule has 0 aromatic heterocycles. The van der Waals surface area contributed by atoms with Gasteiger partial charge in [0.05, 0.1) is 29.5 Å². The van der Waals surface area contributed by atoms with Gasteiger partial charge in [0.2, 0.25) is 0 Å². The summed E-state index contributed by atoms with van der Waals surface area (Å²) in [4.78, 5) is 36.1. The molecule has 0 unspecified atom stereocenters. The van der Waals surface area contributed by atoms with Gasteiger partial charge in [-0.3, -0.25) is 0 Å². The van der Waals surface area contributed by atoms with Gasteiger partial charge >= 0.3 is 18.0 Å². The quantitative estimate of drug-likeness (QED) is 0.702. The molecule has 0 saturated heterocycles. The second-order valence-corrected chi connectivity index (χ2v) is 6.17. The number of benzene rings is 1. The maximum atomic E-state index is 12.2. The normalized spacial score (nSPS) is 16.8. The van der Waals surface area contributed by atoms with Crippen molar-refractivity contribution in [2.45, 2.75) is 26.3 Å². The van der Waals surface area contributed by atoms with E-state index in [-0.39, 0.29) is 24.5 Å². The van der Waals surface area contributed by atoms with Crippen molar-refractivity contribution in [3.63, 3.8) is 0 Å². The number of esters is 2. The maximum Gasteiger partial charge on any atom is 0.338 e. The molecular weight excluding hydrogens is 392 g/mol. The van der Waals surface area contributed by atoms with Crippen LogP contribution in [0.3, 0.4) is 0 Å². The molecule has 1 aliphatic heterocycles. The predicted octanol–water partition coefficient (Wildman–Crippen LogP) is 2.51. The fraction of sp³-hybridized carbons (Fsp3) is 0.353. The van der Waals surface area contributed by atoms with Crippen molar-refractivity contribution in [1.82, 2.24) is 10.6 Å². The minimum Gasteiger partial charge on any atom is -0.463 e. The van der Waals surface area contributed by atoms with Crippen LogP contribution in [0.5, 0.6) is 0 Å². The Kier molecular flexibility index (Phi) is 6.58. The monoisotopic (exact) mass is 410 g/mol. The number of rotatable bonds is 6. The summed E-state index contributed by atoms with van der Waals surface area (Å²) < 4.78 is 11.1. The van der Waals surface area contributed by atoms with E-state index in [0.717, 1.165) is 4.47 Å². The highest BCUT2D eigenvalue weighted by Crippen LogP contribution is 2.18. The third-order valence-electron chi connectivity index (χ3n) is 3.57. The van der Waals surface area contributed by atoms with E-state index in [1.807, 2.05) is 6.92 Å². The standard InChI is InChI=1S/C17H19BrN2O5/c1-3-12-14(16(22)24-4-2)13(20-17(23)19-12)9-25-15(21)10-5-7-11(18)8-6-10/h5-8,12H,3-4,9H2,1-2H3,(H2,19,20,23)/t12-/m1/s1. The SMILES string of the molecule is CCOC(=O)C1=C(COC(=O)c2ccc(Br)cc2)NC(=O)N[C@@H]1CC. The zero-order chi connectivity index (χ0) is 18.4. The van der Waals surface area contributed by atoms with Gasteiger partial charge in [0.1, 0.15) is 6.61 Å². The summed E-state index contributed by atoms with van der Waals surface area (Å²) in [6.45, 7) is 3.51. The molecule has 134 valence electrons. The van der Waals surface area contributed by atoms with Gasteiger partial charge in [0.25, 0.3) is 0 Å². The minimum atomic E-state index is -0.552. The topological polar surface area (TPSA) is 93.7 Å². The molecule has 1 aromatic carbocycles. The van der Waals surface area contributed by atoms with Crippen LogP contribution >= 0.6 is 15.9 Å². The number of hydrogen-bond acceptors (Lipinski definition) is 5. The maximum absolute atomic E-state index is 12.2. The van der Waals surface area contributed by atoms with E-state index in [4.69, 9.17) is 9.47 Å². The number of ether oxygens (including phenoxy) is 2. The first kappa shape index (κ1) is 19.0. The third kappa shape index (κ3) is 4.82. The molecule has 1 heterocycles. The first-order valence-corrected chi connectivity index (χ1v) is 8.65. The first-order valence-electron chi connectivity index (χ1n) is 7.86. The Morgan fingerprint density at radius 1 is 1.12 bits per heavy atom. The summed E-state index contributed by atoms with van der Waals surface area (Å²) in [7, 11) is 0. The highest BCUT2D eigenvalue weighted by atomic mass is 79.9. The molecule has 1 atom stereocenters. The van der Waals surface area contributed by atoms with E-state index < -0.39 is 24.0 Å². The van der Waals surface area contributed by atoms with Gasteiger partial charge in [-0.2, -0.15) is 0 Å². The molecule has 2 rings (SSSR count). The van der Waals surface area contributed by atoms with E-state index in [1.54, 1.807) is 31.2 Å². The van der Waals surface area contributed by atoms with Gasteiger partial charge in [-0.25, -0.2) is 14.4 Å². The van der Waals surface area contributed by atoms with E-state index in [0.29, 0.717) is 12.0 Å². The molecule has 0 spiro atoms. The number of nitrogens with one attached hydrogen (secondary N) is 2. The second kappa shape index (κ2) is 8.66. The van der Waals surface area contributed by atoms with E-state index in [1.165, 1.54) is 0 Å². The largest absolute Gasteiger partial charge is 0.463 e. The number of amides is 2. The summed E-state index contributed by atoms with van der Waals surface area (Å²) in [5, 5.41) is 5.19. The van der Waals surface area contributed by atoms with Crippen LogP contribution in [0.2, 0.25) is 0 Å². The number of halogens is 1. The molecule has 1 aromatic rings. The highest BCUT2D eigenvalue weighted by molar-refractivity contribution is 9.10. The van der Waals surface area contributed by atoms with Crippen molar-refractivity contribution in [2.75, 3.05) is 13.2 Å². The van der Waals surface area contributed by atoms with Crippen LogP contribution in [0.15, 0.2) is 40.0 Å². The van der Waals surface area contributed by atoms with Crippen LogP contribution in [-0.2, 0) is 14.3 Å². The van der Waals surface area contributed by atoms with Crippen molar-refractivity contribution < 1.29 is 23.9 Å². The Hall–Kier alpha value is -2.35. The van der Waals surface area contributed by atoms with E-state index in [2.05, 4.69) is 26.6 Å². The summed E-state index contributed by atoms with van der Waals surface area (Å²) >= 11 is 3.29. The Morgan fingerprint density at radius 2 is 1.80 bits per heavy atom. The van der Waals surface area contributed by atoms with Crippen LogP contribution < -0.4 is 10.6 Å². The molecular formula is C17H19BrN2O5. The average Bonchev–Trinajstić information content (AvgIpc) is 2.59. The van der Waals surface area contributed by atoms with Crippen LogP contribution in [0.4, 0.5) is 4.79 Å². The predicted molar refractivity (Wildman–Crippen MR) is 93.8 cm³/mol. The van der Waals surface area contributed by atoms with Crippen molar-refractivity contribution >= 4 is 33.9 Å². The number of urea groups is 1. The molecule has 2 N–H and O–H groups in total. The molecule has 2 amide bonds. The Bertz CT molecular complexity index is 699. The lowest BCUT2D eigenvalue weighted by molar-refractivity contribution is -0.139. The average molecular weight is 411 g/mol. The second-order valence-electron chi connectivity index (χ2n) is 5.26. The number of carbonyl (C=O) groups excluding carboxylic acids is 3. The molecule has 0 saturated carbocycles. The lowest BCUT2D eigenvalue weighted by atomic mass is 10.0. The minimum absolute atomic E-state index is 0.207. The smallest absolute Gasteiger partial charge is 0.338 e. The van der Waals surface area contributed by atoms with Gasteiger partial charge < -0.3 is 20.1 Å². The zero-order valence-corrected chi connectivity index (χ0v) is 15.5. The summed E-state index contributed by atoms with van der Waals surface area (Å²) in [6.07, 6.45) is 0.506. The van der Waals surface area contributed by atoms with Gasteiger partial charge in [-0.1, -0.05) is 22.9 Å². The molecule has 25 heavy (non-hydrogen) atoms. The highest BCUT2D eigenvalue weighted by Gasteiger charge is 2.32. The van der Waals surface area contributed by atoms with Gasteiger partial charge in [0, 0.05) is 4.47 Å². The number of carbonyl (C=O) groups is 3. The lowest BCUT2D eigenvalue weighted by Gasteiger charge is -2.28. The Morgan fingerprint density at radius 3 is 2.40 bits per heavy atom. The molecule has 0 radical (unpaired) electrons. The summed E-state index contributed by atoms with van der Waals surface area (Å²) in [5.41, 5.74) is 0.876. The van der Waals surface area contributed by atoms with Crippen LogP contribution in [0.1, 0.15) is 30.6 Å². The summed E-state index contributed by atoms with van der Waals surface area (Å²) in [6, 6.07) is 5.73. The van der Waals surface area contributed by atoms with Crippen LogP contribution in [0.25, 0.3) is 0 Å². The third-order valence-corrected chi connectivity index (χ3v) is 4.10. The Balaban J connectivity index is 2.19. The molecule has 0 fully saturated rings. The summed E-state index contributed by atoms with van der Waals surface area (Å²) in [5.74, 6) is -1.10. The van der Waals surface area contributed by atoms with Gasteiger partial charge in [0.15, 0.2) is 0 Å². The van der Waals surface area contributed by atoms with Crippen LogP contribution in [0, 0.1) is 0 Å². The van der Waals surface area contributed by atoms with Crippen molar-refractivity contribution in [3.05, 3.63) is 45.6 Å². The molecule has 1 aliphatic rings. The number of hydrogen-bond donors (Lipinski definition) is 2. The van der Waals surface area contributed by atoms with Crippen molar-refractivity contribution in [3.8, 4) is 0 Å². The van der Waals surface area contributed by atoms with E-state index >= 15 is 0 Å². The fourth-order valence-electron chi connectivity index (χ4n) is 2.38. The molecule has 7 nitrogen and oxygen atoms in total. The van der Waals surface area contributed by atoms with Crippen LogP contribution in [-0.4, -0.2) is 37.2 Å². The zero-order valence-electron chi connectivity index (χ0n) is 13.9. The molecule has 0 bridgehead atoms. The van der Waals surface area contributed by atoms with Gasteiger partial charge in [-0.05, 0) is 37.6 Å². The fourth-order valence-corrected chi connectivity index (χ4v) is 2.65. The first-order chi connectivity index (χ1) is 12.0. The lowest BCUT2D eigenvalue weighted by Crippen LogP contribution is -2.51. The molecule has 0 aliphatic carbocycles. The van der Waals surface area contributed by atoms with E-state index in [9.17, 15) is 14.4 Å². The Labute approximate surface area is 153 Å². The van der Waals surface area contributed by atoms with Crippen molar-refractivity contribution in [2.24, 2.45) is 0 Å².